The van der Waals surface area contributed by atoms with E-state index < -0.39 is 0 Å². The summed E-state index contributed by atoms with van der Waals surface area (Å²) in [4.78, 5) is 0. The van der Waals surface area contributed by atoms with Crippen molar-refractivity contribution in [1.82, 2.24) is 0 Å². The molecule has 0 aromatic heterocycles. The molecular formula is C34H55F. The van der Waals surface area contributed by atoms with E-state index in [0.717, 1.165) is 48.3 Å². The van der Waals surface area contributed by atoms with E-state index in [1.807, 2.05) is 0 Å². The lowest BCUT2D eigenvalue weighted by Crippen LogP contribution is -2.29. The highest BCUT2D eigenvalue weighted by Crippen LogP contribution is 2.46. The van der Waals surface area contributed by atoms with Crippen LogP contribution in [0.25, 0.3) is 0 Å². The molecule has 1 aromatic carbocycles. The molecule has 0 atom stereocenters. The molecule has 35 heavy (non-hydrogen) atoms. The summed E-state index contributed by atoms with van der Waals surface area (Å²) in [6.07, 6.45) is 27.7. The summed E-state index contributed by atoms with van der Waals surface area (Å²) in [5.74, 6) is 6.01. The van der Waals surface area contributed by atoms with Gasteiger partial charge in [-0.25, -0.2) is 0 Å². The summed E-state index contributed by atoms with van der Waals surface area (Å²) in [6.45, 7) is 2.16. The molecule has 1 heteroatoms. The molecule has 0 amide bonds. The van der Waals surface area contributed by atoms with Crippen LogP contribution in [-0.2, 0) is 12.8 Å². The Morgan fingerprint density at radius 2 is 0.971 bits per heavy atom. The second kappa shape index (κ2) is 14.8. The summed E-state index contributed by atoms with van der Waals surface area (Å²) in [5, 5.41) is 0. The molecule has 4 rings (SSSR count). The van der Waals surface area contributed by atoms with Crippen molar-refractivity contribution in [3.05, 3.63) is 35.4 Å². The average molecular weight is 483 g/mol. The standard InChI is InChI=1S/C34H55F/c1-2-3-6-27-8-10-29(11-9-27)12-13-30-16-20-32(21-17-30)34-24-22-33(23-25-34)31-18-14-28(15-19-31)7-4-5-26-35/h8-11,28,30-34H,2-7,12-26H2,1H3/t28-,30?,31-,32?,33-,34-. The predicted molar refractivity (Wildman–Crippen MR) is 150 cm³/mol. The fourth-order valence-electron chi connectivity index (χ4n) is 8.14. The highest BCUT2D eigenvalue weighted by molar-refractivity contribution is 5.22. The number of aryl methyl sites for hydroxylation is 2. The lowest BCUT2D eigenvalue weighted by atomic mass is 9.64. The Kier molecular flexibility index (Phi) is 11.5. The van der Waals surface area contributed by atoms with Gasteiger partial charge in [-0.1, -0.05) is 76.1 Å². The van der Waals surface area contributed by atoms with Crippen LogP contribution in [0.15, 0.2) is 24.3 Å². The second-order valence-corrected chi connectivity index (χ2v) is 12.9. The Labute approximate surface area is 217 Å². The van der Waals surface area contributed by atoms with E-state index in [4.69, 9.17) is 0 Å². The van der Waals surface area contributed by atoms with Crippen molar-refractivity contribution < 1.29 is 4.39 Å². The molecule has 0 bridgehead atoms. The van der Waals surface area contributed by atoms with Crippen LogP contribution < -0.4 is 0 Å². The van der Waals surface area contributed by atoms with Gasteiger partial charge in [0.1, 0.15) is 0 Å². The van der Waals surface area contributed by atoms with Gasteiger partial charge in [-0.2, -0.15) is 0 Å². The molecule has 3 saturated carbocycles. The third kappa shape index (κ3) is 8.60. The molecule has 3 fully saturated rings. The molecule has 0 saturated heterocycles. The van der Waals surface area contributed by atoms with E-state index >= 15 is 0 Å². The molecule has 3 aliphatic carbocycles. The summed E-state index contributed by atoms with van der Waals surface area (Å²) >= 11 is 0. The Morgan fingerprint density at radius 3 is 1.43 bits per heavy atom. The Bertz CT molecular complexity index is 669. The highest BCUT2D eigenvalue weighted by Gasteiger charge is 2.34. The normalized spacial score (nSPS) is 31.9. The minimum Gasteiger partial charge on any atom is -0.251 e. The topological polar surface area (TPSA) is 0 Å². The first-order valence-corrected chi connectivity index (χ1v) is 15.9. The second-order valence-electron chi connectivity index (χ2n) is 12.9. The van der Waals surface area contributed by atoms with Crippen LogP contribution >= 0.6 is 0 Å². The van der Waals surface area contributed by atoms with Crippen LogP contribution in [0.2, 0.25) is 0 Å². The maximum absolute atomic E-state index is 12.4. The van der Waals surface area contributed by atoms with E-state index in [1.54, 1.807) is 5.56 Å². The lowest BCUT2D eigenvalue weighted by molar-refractivity contribution is 0.102. The first-order valence-electron chi connectivity index (χ1n) is 15.9. The summed E-state index contributed by atoms with van der Waals surface area (Å²) in [7, 11) is 0. The third-order valence-electron chi connectivity index (χ3n) is 10.6. The number of rotatable bonds is 12. The largest absolute Gasteiger partial charge is 0.251 e. The van der Waals surface area contributed by atoms with Crippen molar-refractivity contribution in [1.29, 1.82) is 0 Å². The lowest BCUT2D eigenvalue weighted by Gasteiger charge is -2.41. The predicted octanol–water partition coefficient (Wildman–Crippen LogP) is 10.5. The average Bonchev–Trinajstić information content (AvgIpc) is 2.92. The van der Waals surface area contributed by atoms with E-state index in [0.29, 0.717) is 0 Å². The molecule has 0 heterocycles. The van der Waals surface area contributed by atoms with E-state index in [-0.39, 0.29) is 6.67 Å². The number of hydrogen-bond acceptors (Lipinski definition) is 0. The van der Waals surface area contributed by atoms with E-state index in [1.165, 1.54) is 121 Å². The maximum Gasteiger partial charge on any atom is 0.0894 e. The molecule has 0 unspecified atom stereocenters. The highest BCUT2D eigenvalue weighted by atomic mass is 19.1. The fraction of sp³-hybridized carbons (Fsp3) is 0.824. The van der Waals surface area contributed by atoms with Gasteiger partial charge in [0.15, 0.2) is 0 Å². The SMILES string of the molecule is CCCCc1ccc(CCC2CCC([C@H]3CC[C@H]([C@H]4CC[C@H](CCCCF)CC4)CC3)CC2)cc1. The van der Waals surface area contributed by atoms with E-state index in [2.05, 4.69) is 31.2 Å². The Morgan fingerprint density at radius 1 is 0.543 bits per heavy atom. The summed E-state index contributed by atoms with van der Waals surface area (Å²) in [5.41, 5.74) is 3.07. The van der Waals surface area contributed by atoms with Crippen molar-refractivity contribution >= 4 is 0 Å². The van der Waals surface area contributed by atoms with Gasteiger partial charge in [0.25, 0.3) is 0 Å². The number of benzene rings is 1. The molecule has 0 N–H and O–H groups in total. The van der Waals surface area contributed by atoms with Gasteiger partial charge in [0.2, 0.25) is 0 Å². The smallest absolute Gasteiger partial charge is 0.0894 e. The summed E-state index contributed by atoms with van der Waals surface area (Å²) in [6, 6.07) is 9.54. The van der Waals surface area contributed by atoms with Gasteiger partial charge >= 0.3 is 0 Å². The van der Waals surface area contributed by atoms with E-state index in [9.17, 15) is 4.39 Å². The quantitative estimate of drug-likeness (QED) is 0.260. The van der Waals surface area contributed by atoms with Crippen molar-refractivity contribution in [2.75, 3.05) is 6.67 Å². The van der Waals surface area contributed by atoms with Crippen LogP contribution in [0.1, 0.15) is 134 Å². The Hall–Kier alpha value is -0.850. The first kappa shape index (κ1) is 27.2. The number of alkyl halides is 1. The van der Waals surface area contributed by atoms with Crippen molar-refractivity contribution in [3.8, 4) is 0 Å². The number of halogens is 1. The molecule has 3 aliphatic rings. The minimum absolute atomic E-state index is 0.117. The van der Waals surface area contributed by atoms with Gasteiger partial charge in [0, 0.05) is 0 Å². The zero-order valence-electron chi connectivity index (χ0n) is 23.0. The molecule has 0 nitrogen and oxygen atoms in total. The minimum atomic E-state index is -0.117. The monoisotopic (exact) mass is 482 g/mol. The van der Waals surface area contributed by atoms with Crippen LogP contribution in [-0.4, -0.2) is 6.67 Å². The van der Waals surface area contributed by atoms with Crippen LogP contribution in [0.5, 0.6) is 0 Å². The first-order chi connectivity index (χ1) is 17.2. The van der Waals surface area contributed by atoms with Crippen LogP contribution in [0, 0.1) is 35.5 Å². The zero-order valence-corrected chi connectivity index (χ0v) is 23.0. The van der Waals surface area contributed by atoms with Crippen molar-refractivity contribution in [2.24, 2.45) is 35.5 Å². The molecule has 0 aliphatic heterocycles. The van der Waals surface area contributed by atoms with Gasteiger partial charge < -0.3 is 0 Å². The van der Waals surface area contributed by atoms with Gasteiger partial charge in [0.05, 0.1) is 6.67 Å². The maximum atomic E-state index is 12.4. The van der Waals surface area contributed by atoms with Gasteiger partial charge in [-0.05, 0) is 130 Å². The molecular weight excluding hydrogens is 427 g/mol. The van der Waals surface area contributed by atoms with Gasteiger partial charge in [-0.15, -0.1) is 0 Å². The summed E-state index contributed by atoms with van der Waals surface area (Å²) < 4.78 is 12.4. The third-order valence-corrected chi connectivity index (χ3v) is 10.6. The molecule has 0 radical (unpaired) electrons. The zero-order chi connectivity index (χ0) is 24.3. The van der Waals surface area contributed by atoms with Gasteiger partial charge in [-0.3, -0.25) is 4.39 Å². The number of unbranched alkanes of at least 4 members (excludes halogenated alkanes) is 2. The molecule has 0 spiro atoms. The van der Waals surface area contributed by atoms with Crippen LogP contribution in [0.3, 0.4) is 0 Å². The Balaban J connectivity index is 1.09. The van der Waals surface area contributed by atoms with Crippen LogP contribution in [0.4, 0.5) is 4.39 Å². The van der Waals surface area contributed by atoms with Crippen molar-refractivity contribution in [3.63, 3.8) is 0 Å². The fourth-order valence-corrected chi connectivity index (χ4v) is 8.14. The molecule has 1 aromatic rings. The molecule has 198 valence electrons. The van der Waals surface area contributed by atoms with Crippen molar-refractivity contribution in [2.45, 2.75) is 135 Å². The number of hydrogen-bond donors (Lipinski definition) is 0.